The van der Waals surface area contributed by atoms with Crippen LogP contribution in [0.1, 0.15) is 16.2 Å². The van der Waals surface area contributed by atoms with E-state index in [4.69, 9.17) is 4.42 Å². The summed E-state index contributed by atoms with van der Waals surface area (Å²) >= 11 is 0. The molecule has 1 aliphatic heterocycles. The van der Waals surface area contributed by atoms with Gasteiger partial charge in [-0.1, -0.05) is 0 Å². The van der Waals surface area contributed by atoms with Crippen molar-refractivity contribution < 1.29 is 22.0 Å². The summed E-state index contributed by atoms with van der Waals surface area (Å²) in [6, 6.07) is 10.7. The van der Waals surface area contributed by atoms with Gasteiger partial charge >= 0.3 is 0 Å². The molecule has 2 aromatic heterocycles. The fourth-order valence-corrected chi connectivity index (χ4v) is 4.74. The first-order valence-electron chi connectivity index (χ1n) is 8.67. The van der Waals surface area contributed by atoms with Crippen LogP contribution < -0.4 is 0 Å². The number of hydrogen-bond acceptors (Lipinski definition) is 5. The first-order chi connectivity index (χ1) is 13.3. The molecule has 0 bridgehead atoms. The Morgan fingerprint density at radius 3 is 2.61 bits per heavy atom. The van der Waals surface area contributed by atoms with Crippen molar-refractivity contribution >= 4 is 15.7 Å². The molecule has 0 radical (unpaired) electrons. The Balaban J connectivity index is 1.44. The van der Waals surface area contributed by atoms with E-state index in [1.165, 1.54) is 28.0 Å². The molecule has 1 aromatic carbocycles. The first-order valence-corrected chi connectivity index (χ1v) is 10.4. The van der Waals surface area contributed by atoms with Crippen LogP contribution in [0.15, 0.2) is 53.1 Å². The largest absolute Gasteiger partial charge is 0.468 e. The number of aryl methyl sites for hydroxylation is 1. The van der Waals surface area contributed by atoms with Gasteiger partial charge < -0.3 is 9.32 Å². The number of furan rings is 1. The summed E-state index contributed by atoms with van der Waals surface area (Å²) in [4.78, 5) is 14.2. The number of carbonyl (C=O) groups excluding carboxylic acids is 1. The Hall–Kier alpha value is -2.94. The van der Waals surface area contributed by atoms with Crippen LogP contribution >= 0.6 is 0 Å². The lowest BCUT2D eigenvalue weighted by Gasteiger charge is -2.38. The molecule has 28 heavy (non-hydrogen) atoms. The molecule has 3 aromatic rings. The van der Waals surface area contributed by atoms with Crippen LogP contribution in [0.25, 0.3) is 11.3 Å². The maximum Gasteiger partial charge on any atom is 0.272 e. The quantitative estimate of drug-likeness (QED) is 0.652. The van der Waals surface area contributed by atoms with Crippen LogP contribution in [0.3, 0.4) is 0 Å². The molecule has 0 N–H and O–H groups in total. The Labute approximate surface area is 161 Å². The second-order valence-corrected chi connectivity index (χ2v) is 9.05. The normalized spacial score (nSPS) is 14.9. The zero-order valence-corrected chi connectivity index (χ0v) is 15.9. The SMILES string of the molecule is Cn1nc(-c2ccc(F)cc2)cc1C(=O)N1CC(S(=O)(=O)Cc2ccco2)C1. The molecule has 0 spiro atoms. The minimum atomic E-state index is -3.39. The molecule has 0 aliphatic carbocycles. The lowest BCUT2D eigenvalue weighted by atomic mass is 10.1. The monoisotopic (exact) mass is 403 g/mol. The second kappa shape index (κ2) is 6.90. The van der Waals surface area contributed by atoms with Crippen molar-refractivity contribution in [1.29, 1.82) is 0 Å². The van der Waals surface area contributed by atoms with Gasteiger partial charge in [0.1, 0.15) is 23.0 Å². The molecule has 0 saturated carbocycles. The number of sulfone groups is 1. The fourth-order valence-electron chi connectivity index (χ4n) is 3.13. The van der Waals surface area contributed by atoms with Gasteiger partial charge in [-0.3, -0.25) is 9.48 Å². The molecule has 0 atom stereocenters. The summed E-state index contributed by atoms with van der Waals surface area (Å²) in [7, 11) is -1.75. The molecule has 146 valence electrons. The van der Waals surface area contributed by atoms with Crippen LogP contribution in [0.4, 0.5) is 4.39 Å². The smallest absolute Gasteiger partial charge is 0.272 e. The summed E-state index contributed by atoms with van der Waals surface area (Å²) in [6.45, 7) is 0.276. The average Bonchev–Trinajstić information content (AvgIpc) is 3.23. The maximum atomic E-state index is 13.1. The average molecular weight is 403 g/mol. The zero-order chi connectivity index (χ0) is 19.9. The molecule has 7 nitrogen and oxygen atoms in total. The topological polar surface area (TPSA) is 85.4 Å². The van der Waals surface area contributed by atoms with E-state index in [1.54, 1.807) is 37.4 Å². The highest BCUT2D eigenvalue weighted by Crippen LogP contribution is 2.25. The molecular weight excluding hydrogens is 385 g/mol. The zero-order valence-electron chi connectivity index (χ0n) is 15.1. The molecule has 9 heteroatoms. The van der Waals surface area contributed by atoms with Crippen molar-refractivity contribution in [2.24, 2.45) is 7.05 Å². The Bertz CT molecular complexity index is 1100. The highest BCUT2D eigenvalue weighted by atomic mass is 32.2. The Kier molecular flexibility index (Phi) is 4.54. The summed E-state index contributed by atoms with van der Waals surface area (Å²) in [6.07, 6.45) is 1.43. The number of rotatable bonds is 5. The van der Waals surface area contributed by atoms with Gasteiger partial charge in [-0.05, 0) is 42.5 Å². The summed E-state index contributed by atoms with van der Waals surface area (Å²) in [5.41, 5.74) is 1.59. The lowest BCUT2D eigenvalue weighted by molar-refractivity contribution is 0.0647. The third-order valence-electron chi connectivity index (χ3n) is 4.81. The van der Waals surface area contributed by atoms with Crippen LogP contribution in [-0.4, -0.2) is 47.3 Å². The Morgan fingerprint density at radius 1 is 1.25 bits per heavy atom. The van der Waals surface area contributed by atoms with E-state index in [0.717, 1.165) is 0 Å². The van der Waals surface area contributed by atoms with E-state index in [0.29, 0.717) is 22.7 Å². The highest BCUT2D eigenvalue weighted by Gasteiger charge is 2.41. The summed E-state index contributed by atoms with van der Waals surface area (Å²) in [5.74, 6) is -0.417. The van der Waals surface area contributed by atoms with E-state index < -0.39 is 15.1 Å². The van der Waals surface area contributed by atoms with Crippen LogP contribution in [0.5, 0.6) is 0 Å². The molecule has 1 saturated heterocycles. The number of carbonyl (C=O) groups is 1. The van der Waals surface area contributed by atoms with Gasteiger partial charge in [-0.25, -0.2) is 12.8 Å². The van der Waals surface area contributed by atoms with Gasteiger partial charge in [-0.15, -0.1) is 0 Å². The van der Waals surface area contributed by atoms with E-state index in [1.807, 2.05) is 0 Å². The van der Waals surface area contributed by atoms with Gasteiger partial charge in [0.15, 0.2) is 9.84 Å². The maximum absolute atomic E-state index is 13.1. The van der Waals surface area contributed by atoms with E-state index in [2.05, 4.69) is 5.10 Å². The molecule has 3 heterocycles. The van der Waals surface area contributed by atoms with Gasteiger partial charge in [0.05, 0.1) is 17.2 Å². The molecule has 1 aliphatic rings. The van der Waals surface area contributed by atoms with Crippen molar-refractivity contribution in [3.63, 3.8) is 0 Å². The van der Waals surface area contributed by atoms with Crippen molar-refractivity contribution in [1.82, 2.24) is 14.7 Å². The third kappa shape index (κ3) is 3.45. The second-order valence-electron chi connectivity index (χ2n) is 6.76. The van der Waals surface area contributed by atoms with Crippen molar-refractivity contribution in [2.45, 2.75) is 11.0 Å². The van der Waals surface area contributed by atoms with Crippen molar-refractivity contribution in [3.05, 3.63) is 66.0 Å². The summed E-state index contributed by atoms with van der Waals surface area (Å²) < 4.78 is 44.5. The van der Waals surface area contributed by atoms with Gasteiger partial charge in [0, 0.05) is 25.7 Å². The molecule has 1 amide bonds. The predicted octanol–water partition coefficient (Wildman–Crippen LogP) is 2.26. The third-order valence-corrected chi connectivity index (χ3v) is 6.81. The van der Waals surface area contributed by atoms with Crippen LogP contribution in [0.2, 0.25) is 0 Å². The molecule has 4 rings (SSSR count). The number of halogens is 1. The minimum Gasteiger partial charge on any atom is -0.468 e. The van der Waals surface area contributed by atoms with Crippen molar-refractivity contribution in [2.75, 3.05) is 13.1 Å². The molecule has 1 fully saturated rings. The van der Waals surface area contributed by atoms with Gasteiger partial charge in [0.2, 0.25) is 0 Å². The number of amides is 1. The number of aromatic nitrogens is 2. The fraction of sp³-hybridized carbons (Fsp3) is 0.263. The first kappa shape index (κ1) is 18.4. The Morgan fingerprint density at radius 2 is 1.96 bits per heavy atom. The number of benzene rings is 1. The van der Waals surface area contributed by atoms with Crippen LogP contribution in [0, 0.1) is 5.82 Å². The minimum absolute atomic E-state index is 0.138. The van der Waals surface area contributed by atoms with E-state index in [9.17, 15) is 17.6 Å². The molecule has 0 unspecified atom stereocenters. The lowest BCUT2D eigenvalue weighted by Crippen LogP contribution is -2.57. The number of hydrogen-bond donors (Lipinski definition) is 0. The predicted molar refractivity (Wildman–Crippen MR) is 99.6 cm³/mol. The van der Waals surface area contributed by atoms with Crippen LogP contribution in [-0.2, 0) is 22.6 Å². The van der Waals surface area contributed by atoms with E-state index >= 15 is 0 Å². The highest BCUT2D eigenvalue weighted by molar-refractivity contribution is 7.91. The van der Waals surface area contributed by atoms with E-state index in [-0.39, 0.29) is 30.6 Å². The molecular formula is C19H18FN3O4S. The van der Waals surface area contributed by atoms with Crippen molar-refractivity contribution in [3.8, 4) is 11.3 Å². The number of likely N-dealkylation sites (tertiary alicyclic amines) is 1. The standard InChI is InChI=1S/C19H18FN3O4S/c1-22-18(9-17(21-22)13-4-6-14(20)7-5-13)19(24)23-10-16(11-23)28(25,26)12-15-3-2-8-27-15/h2-9,16H,10-12H2,1H3. The van der Waals surface area contributed by atoms with Gasteiger partial charge in [0.25, 0.3) is 5.91 Å². The number of nitrogens with zero attached hydrogens (tertiary/aromatic N) is 3. The summed E-state index contributed by atoms with van der Waals surface area (Å²) in [5, 5.41) is 3.70. The van der Waals surface area contributed by atoms with Gasteiger partial charge in [-0.2, -0.15) is 5.10 Å².